The van der Waals surface area contributed by atoms with E-state index in [4.69, 9.17) is 4.74 Å². The monoisotopic (exact) mass is 304 g/mol. The molecule has 2 heterocycles. The fourth-order valence-electron chi connectivity index (χ4n) is 2.25. The van der Waals surface area contributed by atoms with Gasteiger partial charge in [0.2, 0.25) is 0 Å². The van der Waals surface area contributed by atoms with Crippen molar-refractivity contribution in [3.05, 3.63) is 29.2 Å². The van der Waals surface area contributed by atoms with Gasteiger partial charge in [0.25, 0.3) is 5.91 Å². The Balaban J connectivity index is 1.88. The zero-order valence-corrected chi connectivity index (χ0v) is 13.6. The lowest BCUT2D eigenvalue weighted by atomic mass is 10.3. The molecule has 0 saturated carbocycles. The van der Waals surface area contributed by atoms with Crippen LogP contribution >= 0.6 is 0 Å². The van der Waals surface area contributed by atoms with Crippen LogP contribution in [0.5, 0.6) is 0 Å². The van der Waals surface area contributed by atoms with Crippen molar-refractivity contribution in [2.45, 2.75) is 40.0 Å². The fraction of sp³-hybridized carbons (Fsp3) is 0.562. The van der Waals surface area contributed by atoms with Gasteiger partial charge < -0.3 is 10.1 Å². The third kappa shape index (κ3) is 4.04. The largest absolute Gasteiger partial charge is 0.381 e. The number of hydrogen-bond acceptors (Lipinski definition) is 4. The summed E-state index contributed by atoms with van der Waals surface area (Å²) in [6.45, 7) is 8.05. The summed E-state index contributed by atoms with van der Waals surface area (Å²) < 4.78 is 7.16. The minimum atomic E-state index is -0.138. The lowest BCUT2D eigenvalue weighted by molar-refractivity contribution is 0.0942. The number of carbonyl (C=O) groups is 1. The van der Waals surface area contributed by atoms with Gasteiger partial charge in [0.05, 0.1) is 6.20 Å². The fourth-order valence-corrected chi connectivity index (χ4v) is 2.25. The molecule has 0 aliphatic rings. The molecule has 120 valence electrons. The van der Waals surface area contributed by atoms with E-state index in [1.807, 2.05) is 19.9 Å². The van der Waals surface area contributed by atoms with E-state index in [0.29, 0.717) is 24.4 Å². The van der Waals surface area contributed by atoms with Gasteiger partial charge >= 0.3 is 0 Å². The predicted octanol–water partition coefficient (Wildman–Crippen LogP) is 2.28. The van der Waals surface area contributed by atoms with Crippen LogP contribution in [0.25, 0.3) is 5.65 Å². The molecule has 0 saturated heterocycles. The molecule has 0 aliphatic heterocycles. The molecule has 1 amide bonds. The summed E-state index contributed by atoms with van der Waals surface area (Å²) in [6, 6.07) is 1.94. The number of nitrogens with one attached hydrogen (secondary N) is 1. The molecule has 2 aromatic heterocycles. The first-order valence-electron chi connectivity index (χ1n) is 7.81. The van der Waals surface area contributed by atoms with Crippen molar-refractivity contribution in [2.24, 2.45) is 0 Å². The third-order valence-corrected chi connectivity index (χ3v) is 3.42. The summed E-state index contributed by atoms with van der Waals surface area (Å²) in [5.41, 5.74) is 2.96. The number of carbonyl (C=O) groups excluding carboxylic acids is 1. The van der Waals surface area contributed by atoms with Crippen LogP contribution in [0.4, 0.5) is 0 Å². The SMILES string of the molecule is CCCCOCCCNC(=O)c1cnn2c(C)cc(C)nc12. The van der Waals surface area contributed by atoms with Crippen LogP contribution in [-0.4, -0.2) is 40.3 Å². The van der Waals surface area contributed by atoms with Crippen LogP contribution in [0.3, 0.4) is 0 Å². The summed E-state index contributed by atoms with van der Waals surface area (Å²) in [7, 11) is 0. The summed E-state index contributed by atoms with van der Waals surface area (Å²) in [5, 5.41) is 7.12. The molecule has 1 N–H and O–H groups in total. The second-order valence-electron chi connectivity index (χ2n) is 5.41. The average Bonchev–Trinajstić information content (AvgIpc) is 2.90. The van der Waals surface area contributed by atoms with Gasteiger partial charge in [-0.1, -0.05) is 13.3 Å². The molecular weight excluding hydrogens is 280 g/mol. The number of unbranched alkanes of at least 4 members (excludes halogenated alkanes) is 1. The number of fused-ring (bicyclic) bond motifs is 1. The van der Waals surface area contributed by atoms with Crippen molar-refractivity contribution in [1.29, 1.82) is 0 Å². The number of hydrogen-bond donors (Lipinski definition) is 1. The molecular formula is C16H24N4O2. The normalized spacial score (nSPS) is 11.0. The maximum absolute atomic E-state index is 12.2. The molecule has 22 heavy (non-hydrogen) atoms. The van der Waals surface area contributed by atoms with Gasteiger partial charge in [-0.15, -0.1) is 0 Å². The van der Waals surface area contributed by atoms with Gasteiger partial charge in [-0.3, -0.25) is 4.79 Å². The Kier molecular flexibility index (Phi) is 5.89. The number of ether oxygens (including phenoxy) is 1. The van der Waals surface area contributed by atoms with Gasteiger partial charge in [-0.2, -0.15) is 5.10 Å². The van der Waals surface area contributed by atoms with Gasteiger partial charge in [-0.25, -0.2) is 9.50 Å². The minimum absolute atomic E-state index is 0.138. The third-order valence-electron chi connectivity index (χ3n) is 3.42. The van der Waals surface area contributed by atoms with Gasteiger partial charge in [0, 0.05) is 31.1 Å². The minimum Gasteiger partial charge on any atom is -0.381 e. The van der Waals surface area contributed by atoms with E-state index in [2.05, 4.69) is 22.3 Å². The highest BCUT2D eigenvalue weighted by molar-refractivity contribution is 5.99. The average molecular weight is 304 g/mol. The van der Waals surface area contributed by atoms with Crippen LogP contribution in [0.1, 0.15) is 47.9 Å². The van der Waals surface area contributed by atoms with E-state index in [9.17, 15) is 4.79 Å². The van der Waals surface area contributed by atoms with Crippen LogP contribution in [-0.2, 0) is 4.74 Å². The zero-order chi connectivity index (χ0) is 15.9. The van der Waals surface area contributed by atoms with E-state index in [-0.39, 0.29) is 5.91 Å². The highest BCUT2D eigenvalue weighted by Gasteiger charge is 2.14. The van der Waals surface area contributed by atoms with E-state index in [1.54, 1.807) is 10.7 Å². The number of rotatable bonds is 8. The molecule has 0 aliphatic carbocycles. The first-order chi connectivity index (χ1) is 10.6. The topological polar surface area (TPSA) is 68.5 Å². The van der Waals surface area contributed by atoms with Crippen molar-refractivity contribution >= 4 is 11.6 Å². The first-order valence-corrected chi connectivity index (χ1v) is 7.81. The Morgan fingerprint density at radius 3 is 2.86 bits per heavy atom. The lowest BCUT2D eigenvalue weighted by Crippen LogP contribution is -2.25. The molecule has 6 nitrogen and oxygen atoms in total. The smallest absolute Gasteiger partial charge is 0.256 e. The van der Waals surface area contributed by atoms with Crippen LogP contribution in [0.2, 0.25) is 0 Å². The van der Waals surface area contributed by atoms with Crippen molar-refractivity contribution in [2.75, 3.05) is 19.8 Å². The Morgan fingerprint density at radius 1 is 1.32 bits per heavy atom. The Morgan fingerprint density at radius 2 is 2.09 bits per heavy atom. The van der Waals surface area contributed by atoms with E-state index in [0.717, 1.165) is 37.3 Å². The van der Waals surface area contributed by atoms with Crippen molar-refractivity contribution < 1.29 is 9.53 Å². The maximum Gasteiger partial charge on any atom is 0.256 e. The quantitative estimate of drug-likeness (QED) is 0.760. The number of aryl methyl sites for hydroxylation is 2. The second kappa shape index (κ2) is 7.89. The molecule has 0 atom stereocenters. The Labute approximate surface area is 130 Å². The standard InChI is InChI=1S/C16H24N4O2/c1-4-5-8-22-9-6-7-17-16(21)14-11-18-20-13(3)10-12(2)19-15(14)20/h10-11H,4-9H2,1-3H3,(H,17,21). The molecule has 2 rings (SSSR count). The highest BCUT2D eigenvalue weighted by Crippen LogP contribution is 2.11. The van der Waals surface area contributed by atoms with Crippen molar-refractivity contribution in [3.8, 4) is 0 Å². The summed E-state index contributed by atoms with van der Waals surface area (Å²) >= 11 is 0. The van der Waals surface area contributed by atoms with Crippen LogP contribution in [0, 0.1) is 13.8 Å². The van der Waals surface area contributed by atoms with E-state index in [1.165, 1.54) is 0 Å². The zero-order valence-electron chi connectivity index (χ0n) is 13.6. The Bertz CT molecular complexity index is 636. The summed E-state index contributed by atoms with van der Waals surface area (Å²) in [4.78, 5) is 16.6. The van der Waals surface area contributed by atoms with Crippen LogP contribution < -0.4 is 5.32 Å². The lowest BCUT2D eigenvalue weighted by Gasteiger charge is -2.06. The number of aromatic nitrogens is 3. The van der Waals surface area contributed by atoms with Gasteiger partial charge in [0.15, 0.2) is 5.65 Å². The first kappa shape index (κ1) is 16.4. The van der Waals surface area contributed by atoms with Gasteiger partial charge in [-0.05, 0) is 32.8 Å². The highest BCUT2D eigenvalue weighted by atomic mass is 16.5. The van der Waals surface area contributed by atoms with Crippen molar-refractivity contribution in [3.63, 3.8) is 0 Å². The number of nitrogens with zero attached hydrogens (tertiary/aromatic N) is 3. The van der Waals surface area contributed by atoms with Crippen molar-refractivity contribution in [1.82, 2.24) is 19.9 Å². The predicted molar refractivity (Wildman–Crippen MR) is 85.1 cm³/mol. The number of amides is 1. The summed E-state index contributed by atoms with van der Waals surface area (Å²) in [6.07, 6.45) is 4.60. The molecule has 6 heteroatoms. The van der Waals surface area contributed by atoms with Crippen LogP contribution in [0.15, 0.2) is 12.3 Å². The molecule has 2 aromatic rings. The maximum atomic E-state index is 12.2. The summed E-state index contributed by atoms with van der Waals surface area (Å²) in [5.74, 6) is -0.138. The molecule has 0 unspecified atom stereocenters. The second-order valence-corrected chi connectivity index (χ2v) is 5.41. The molecule has 0 spiro atoms. The van der Waals surface area contributed by atoms with E-state index < -0.39 is 0 Å². The molecule has 0 fully saturated rings. The molecule has 0 bridgehead atoms. The Hall–Kier alpha value is -1.95. The van der Waals surface area contributed by atoms with E-state index >= 15 is 0 Å². The molecule has 0 aromatic carbocycles. The molecule has 0 radical (unpaired) electrons. The van der Waals surface area contributed by atoms with Gasteiger partial charge in [0.1, 0.15) is 5.56 Å².